The van der Waals surface area contributed by atoms with Crippen molar-refractivity contribution in [3.8, 4) is 0 Å². The van der Waals surface area contributed by atoms with Crippen molar-refractivity contribution < 1.29 is 14.4 Å². The molecule has 1 saturated carbocycles. The number of aromatic nitrogens is 3. The highest BCUT2D eigenvalue weighted by molar-refractivity contribution is 7.97. The fourth-order valence-corrected chi connectivity index (χ4v) is 10.8. The zero-order chi connectivity index (χ0) is 39.3. The van der Waals surface area contributed by atoms with Gasteiger partial charge >= 0.3 is 0 Å². The standard InChI is InChI=1S/C43H50N10O4S/c54-38-12-11-37(41(56)46-38)52-25-29-22-33(9-10-36(29)42(52)57)50-26-34(27-50)49-20-18-48(19-21-49)32-6-3-7-35(23-32)58-51-16-14-30(15-17-51)45-43-44-24-28-8-13-39(55)53(40(28)47-43)31-4-1-2-5-31/h3,6-10,13,22-24,30-31,34,37H,1-2,4-5,11-12,14-21,25-27H2,(H,44,45,47)(H,46,54,56). The lowest BCUT2D eigenvalue weighted by molar-refractivity contribution is -0.136. The molecule has 302 valence electrons. The van der Waals surface area contributed by atoms with Crippen LogP contribution in [0.3, 0.4) is 0 Å². The minimum atomic E-state index is -0.592. The smallest absolute Gasteiger partial charge is 0.255 e. The van der Waals surface area contributed by atoms with Crippen molar-refractivity contribution in [3.05, 3.63) is 82.3 Å². The second-order valence-corrected chi connectivity index (χ2v) is 17.9. The van der Waals surface area contributed by atoms with E-state index in [1.807, 2.05) is 40.9 Å². The summed E-state index contributed by atoms with van der Waals surface area (Å²) in [7, 11) is 0. The van der Waals surface area contributed by atoms with E-state index in [0.717, 1.165) is 113 Å². The molecule has 1 atom stereocenters. The van der Waals surface area contributed by atoms with Gasteiger partial charge in [-0.15, -0.1) is 0 Å². The highest BCUT2D eigenvalue weighted by atomic mass is 32.2. The zero-order valence-electron chi connectivity index (χ0n) is 32.7. The molecular formula is C43H50N10O4S. The van der Waals surface area contributed by atoms with Gasteiger partial charge < -0.3 is 20.0 Å². The first kappa shape index (κ1) is 37.3. The third kappa shape index (κ3) is 7.32. The molecule has 58 heavy (non-hydrogen) atoms. The highest BCUT2D eigenvalue weighted by Crippen LogP contribution is 2.35. The van der Waals surface area contributed by atoms with Gasteiger partial charge in [0, 0.05) is 123 Å². The normalized spacial score (nSPS) is 22.8. The summed E-state index contributed by atoms with van der Waals surface area (Å²) in [5.41, 5.74) is 4.78. The lowest BCUT2D eigenvalue weighted by Gasteiger charge is -2.49. The van der Waals surface area contributed by atoms with Crippen LogP contribution in [0.5, 0.6) is 0 Å². The number of anilines is 3. The summed E-state index contributed by atoms with van der Waals surface area (Å²) in [4.78, 5) is 69.9. The number of hydrogen-bond donors (Lipinski definition) is 2. The number of nitrogens with one attached hydrogen (secondary N) is 2. The fraction of sp³-hybridized carbons (Fsp3) is 0.488. The Bertz CT molecular complexity index is 2290. The summed E-state index contributed by atoms with van der Waals surface area (Å²) in [6.07, 6.45) is 8.85. The lowest BCUT2D eigenvalue weighted by Crippen LogP contribution is -2.63. The van der Waals surface area contributed by atoms with Gasteiger partial charge in [-0.3, -0.25) is 34.0 Å². The molecule has 0 spiro atoms. The van der Waals surface area contributed by atoms with Crippen LogP contribution in [-0.2, 0) is 16.1 Å². The van der Waals surface area contributed by atoms with E-state index < -0.39 is 6.04 Å². The van der Waals surface area contributed by atoms with E-state index in [9.17, 15) is 19.2 Å². The number of pyridine rings is 1. The molecule has 4 saturated heterocycles. The van der Waals surface area contributed by atoms with Gasteiger partial charge in [-0.1, -0.05) is 18.9 Å². The van der Waals surface area contributed by atoms with Gasteiger partial charge in [-0.25, -0.2) is 9.29 Å². The number of piperazine rings is 1. The topological polar surface area (TPSA) is 139 Å². The summed E-state index contributed by atoms with van der Waals surface area (Å²) < 4.78 is 4.36. The molecule has 3 amide bonds. The van der Waals surface area contributed by atoms with Crippen LogP contribution < -0.4 is 26.0 Å². The second kappa shape index (κ2) is 15.6. The van der Waals surface area contributed by atoms with E-state index >= 15 is 0 Å². The Morgan fingerprint density at radius 1 is 0.776 bits per heavy atom. The Kier molecular flexibility index (Phi) is 10.1. The monoisotopic (exact) mass is 802 g/mol. The molecule has 0 radical (unpaired) electrons. The van der Waals surface area contributed by atoms with Crippen LogP contribution in [0.4, 0.5) is 17.3 Å². The maximum Gasteiger partial charge on any atom is 0.255 e. The Morgan fingerprint density at radius 2 is 1.57 bits per heavy atom. The summed E-state index contributed by atoms with van der Waals surface area (Å²) in [5.74, 6) is -0.168. The number of rotatable bonds is 9. The summed E-state index contributed by atoms with van der Waals surface area (Å²) in [5, 5.41) is 6.88. The van der Waals surface area contributed by atoms with Crippen molar-refractivity contribution in [2.75, 3.05) is 67.5 Å². The van der Waals surface area contributed by atoms with Crippen molar-refractivity contribution in [2.45, 2.75) is 87.0 Å². The van der Waals surface area contributed by atoms with Crippen LogP contribution in [0.1, 0.15) is 73.3 Å². The summed E-state index contributed by atoms with van der Waals surface area (Å²) >= 11 is 1.84. The van der Waals surface area contributed by atoms with E-state index in [4.69, 9.17) is 4.98 Å². The fourth-order valence-electron chi connectivity index (χ4n) is 9.78. The average Bonchev–Trinajstić information content (AvgIpc) is 3.86. The quantitative estimate of drug-likeness (QED) is 0.185. The van der Waals surface area contributed by atoms with Crippen molar-refractivity contribution in [3.63, 3.8) is 0 Å². The third-order valence-corrected chi connectivity index (χ3v) is 14.2. The Hall–Kier alpha value is -4.99. The molecule has 7 heterocycles. The number of hydrogen-bond acceptors (Lipinski definition) is 12. The molecule has 2 N–H and O–H groups in total. The van der Waals surface area contributed by atoms with E-state index in [0.29, 0.717) is 30.5 Å². The number of imide groups is 1. The second-order valence-electron chi connectivity index (χ2n) is 16.7. The van der Waals surface area contributed by atoms with E-state index in [2.05, 4.69) is 65.0 Å². The first-order valence-corrected chi connectivity index (χ1v) is 21.8. The van der Waals surface area contributed by atoms with Crippen LogP contribution in [0.15, 0.2) is 70.5 Å². The van der Waals surface area contributed by atoms with Gasteiger partial charge in [-0.05, 0) is 92.1 Å². The Balaban J connectivity index is 0.684. The molecule has 0 bridgehead atoms. The van der Waals surface area contributed by atoms with Gasteiger partial charge in [0.25, 0.3) is 11.5 Å². The van der Waals surface area contributed by atoms with Gasteiger partial charge in [0.15, 0.2) is 0 Å². The van der Waals surface area contributed by atoms with Crippen LogP contribution in [0.2, 0.25) is 0 Å². The number of fused-ring (bicyclic) bond motifs is 2. The summed E-state index contributed by atoms with van der Waals surface area (Å²) in [6, 6.07) is 18.9. The van der Waals surface area contributed by atoms with Crippen LogP contribution in [0, 0.1) is 0 Å². The molecule has 4 aromatic rings. The largest absolute Gasteiger partial charge is 0.369 e. The van der Waals surface area contributed by atoms with Crippen molar-refractivity contribution in [2.24, 2.45) is 0 Å². The van der Waals surface area contributed by atoms with Crippen LogP contribution in [0.25, 0.3) is 11.0 Å². The molecule has 5 fully saturated rings. The minimum absolute atomic E-state index is 0.0278. The van der Waals surface area contributed by atoms with E-state index in [-0.39, 0.29) is 41.8 Å². The minimum Gasteiger partial charge on any atom is -0.369 e. The maximum atomic E-state index is 13.1. The molecule has 2 aromatic carbocycles. The maximum absolute atomic E-state index is 13.1. The number of amides is 3. The van der Waals surface area contributed by atoms with Gasteiger partial charge in [0.1, 0.15) is 11.7 Å². The molecule has 15 heteroatoms. The highest BCUT2D eigenvalue weighted by Gasteiger charge is 2.40. The molecular weight excluding hydrogens is 753 g/mol. The van der Waals surface area contributed by atoms with Gasteiger partial charge in [-0.2, -0.15) is 4.98 Å². The number of nitrogens with zero attached hydrogens (tertiary/aromatic N) is 8. The molecule has 14 nitrogen and oxygen atoms in total. The molecule has 2 aromatic heterocycles. The van der Waals surface area contributed by atoms with Gasteiger partial charge in [0.2, 0.25) is 17.8 Å². The Morgan fingerprint density at radius 3 is 2.36 bits per heavy atom. The van der Waals surface area contributed by atoms with Crippen molar-refractivity contribution in [1.82, 2.24) is 34.0 Å². The average molecular weight is 803 g/mol. The van der Waals surface area contributed by atoms with Crippen molar-refractivity contribution >= 4 is 58.0 Å². The number of benzene rings is 2. The lowest BCUT2D eigenvalue weighted by atomic mass is 10.0. The number of carbonyl (C=O) groups excluding carboxylic acids is 3. The van der Waals surface area contributed by atoms with Gasteiger partial charge in [0.05, 0.1) is 0 Å². The number of carbonyl (C=O) groups is 3. The molecule has 5 aliphatic heterocycles. The van der Waals surface area contributed by atoms with Crippen LogP contribution >= 0.6 is 11.9 Å². The van der Waals surface area contributed by atoms with E-state index in [1.54, 1.807) is 11.0 Å². The van der Waals surface area contributed by atoms with Crippen LogP contribution in [-0.4, -0.2) is 117 Å². The molecule has 1 aliphatic carbocycles. The van der Waals surface area contributed by atoms with Crippen molar-refractivity contribution in [1.29, 1.82) is 0 Å². The first-order chi connectivity index (χ1) is 28.3. The first-order valence-electron chi connectivity index (χ1n) is 21.0. The third-order valence-electron chi connectivity index (χ3n) is 13.1. The zero-order valence-corrected chi connectivity index (χ0v) is 33.5. The molecule has 10 rings (SSSR count). The Labute approximate surface area is 342 Å². The molecule has 1 unspecified atom stereocenters. The summed E-state index contributed by atoms with van der Waals surface area (Å²) in [6.45, 7) is 8.28. The molecule has 6 aliphatic rings. The number of piperidine rings is 2. The predicted molar refractivity (Wildman–Crippen MR) is 224 cm³/mol. The van der Waals surface area contributed by atoms with E-state index in [1.165, 1.54) is 10.6 Å². The predicted octanol–water partition coefficient (Wildman–Crippen LogP) is 4.26. The SMILES string of the molecule is O=C1CCC(N2Cc3cc(N4CC(N5CCN(c6cccc(SN7CCC(Nc8ncc9ccc(=O)n(C%10CCCC%10)c9n8)CC7)c6)CC5)C4)ccc3C2=O)C(=O)N1.